The number of hydrogen-bond acceptors (Lipinski definition) is 2. The first-order chi connectivity index (χ1) is 4.43. The zero-order valence-corrected chi connectivity index (χ0v) is 6.06. The molecule has 1 atom stereocenters. The number of ether oxygens (including phenoxy) is 2. The summed E-state index contributed by atoms with van der Waals surface area (Å²) in [5.74, 6) is 0. The number of rotatable bonds is 3. The molecule has 0 saturated carbocycles. The third kappa shape index (κ3) is 2.52. The molecule has 1 rings (SSSR count). The van der Waals surface area contributed by atoms with Gasteiger partial charge in [-0.25, -0.2) is 0 Å². The highest BCUT2D eigenvalue weighted by atomic mass is 35.5. The normalized spacial score (nSPS) is 27.0. The fraction of sp³-hybridized carbons (Fsp3) is 1.00. The molecule has 0 radical (unpaired) electrons. The van der Waals surface area contributed by atoms with E-state index in [0.717, 1.165) is 19.4 Å². The van der Waals surface area contributed by atoms with Crippen LogP contribution in [0.5, 0.6) is 0 Å². The quantitative estimate of drug-likeness (QED) is 0.566. The van der Waals surface area contributed by atoms with E-state index in [1.54, 1.807) is 0 Å². The molecule has 1 fully saturated rings. The topological polar surface area (TPSA) is 18.5 Å². The van der Waals surface area contributed by atoms with Crippen LogP contribution in [0, 0.1) is 0 Å². The molecule has 0 bridgehead atoms. The maximum absolute atomic E-state index is 5.30. The van der Waals surface area contributed by atoms with Gasteiger partial charge >= 0.3 is 0 Å². The molecule has 1 saturated heterocycles. The molecule has 54 valence electrons. The lowest BCUT2D eigenvalue weighted by Crippen LogP contribution is -2.13. The van der Waals surface area contributed by atoms with Crippen LogP contribution in [0.1, 0.15) is 12.8 Å². The van der Waals surface area contributed by atoms with Crippen molar-refractivity contribution in [2.75, 3.05) is 19.3 Å². The highest BCUT2D eigenvalue weighted by molar-refractivity contribution is 6.17. The fourth-order valence-corrected chi connectivity index (χ4v) is 1.04. The van der Waals surface area contributed by atoms with Gasteiger partial charge in [-0.15, -0.1) is 0 Å². The Labute approximate surface area is 60.1 Å². The molecule has 0 N–H and O–H groups in total. The Balaban J connectivity index is 1.98. The van der Waals surface area contributed by atoms with Crippen molar-refractivity contribution in [1.82, 2.24) is 0 Å². The molecule has 0 amide bonds. The van der Waals surface area contributed by atoms with Crippen LogP contribution in [0.3, 0.4) is 0 Å². The van der Waals surface area contributed by atoms with Crippen LogP contribution in [0.2, 0.25) is 0 Å². The van der Waals surface area contributed by atoms with Crippen LogP contribution in [0.15, 0.2) is 0 Å². The molecule has 1 aliphatic heterocycles. The molecule has 0 spiro atoms. The third-order valence-corrected chi connectivity index (χ3v) is 1.56. The molecule has 0 aliphatic carbocycles. The highest BCUT2D eigenvalue weighted by Gasteiger charge is 2.14. The molecular formula is C6H11ClO2. The van der Waals surface area contributed by atoms with Crippen molar-refractivity contribution in [3.63, 3.8) is 0 Å². The summed E-state index contributed by atoms with van der Waals surface area (Å²) in [6.07, 6.45) is 2.59. The molecular weight excluding hydrogens is 140 g/mol. The maximum Gasteiger partial charge on any atom is 0.120 e. The molecule has 0 aromatic carbocycles. The molecule has 0 aromatic heterocycles. The molecule has 1 aliphatic rings. The van der Waals surface area contributed by atoms with Gasteiger partial charge in [-0.05, 0) is 12.8 Å². The van der Waals surface area contributed by atoms with E-state index < -0.39 is 0 Å². The van der Waals surface area contributed by atoms with Crippen molar-refractivity contribution < 1.29 is 9.47 Å². The van der Waals surface area contributed by atoms with Gasteiger partial charge in [0.25, 0.3) is 0 Å². The molecule has 3 heteroatoms. The van der Waals surface area contributed by atoms with Gasteiger partial charge < -0.3 is 9.47 Å². The minimum Gasteiger partial charge on any atom is -0.376 e. The summed E-state index contributed by atoms with van der Waals surface area (Å²) in [5.41, 5.74) is 0. The van der Waals surface area contributed by atoms with E-state index in [4.69, 9.17) is 21.1 Å². The monoisotopic (exact) mass is 150 g/mol. The first kappa shape index (κ1) is 7.32. The highest BCUT2D eigenvalue weighted by Crippen LogP contribution is 2.11. The van der Waals surface area contributed by atoms with E-state index in [2.05, 4.69) is 0 Å². The van der Waals surface area contributed by atoms with Gasteiger partial charge in [-0.3, -0.25) is 0 Å². The first-order valence-electron chi connectivity index (χ1n) is 3.19. The molecule has 1 heterocycles. The van der Waals surface area contributed by atoms with Crippen molar-refractivity contribution in [2.45, 2.75) is 18.9 Å². The predicted molar refractivity (Wildman–Crippen MR) is 35.6 cm³/mol. The van der Waals surface area contributed by atoms with Gasteiger partial charge in [0.1, 0.15) is 6.07 Å². The summed E-state index contributed by atoms with van der Waals surface area (Å²) < 4.78 is 10.2. The Morgan fingerprint density at radius 3 is 3.11 bits per heavy atom. The van der Waals surface area contributed by atoms with Crippen molar-refractivity contribution in [1.29, 1.82) is 0 Å². The van der Waals surface area contributed by atoms with Crippen LogP contribution in [-0.4, -0.2) is 25.4 Å². The average molecular weight is 151 g/mol. The molecule has 1 unspecified atom stereocenters. The van der Waals surface area contributed by atoms with E-state index in [9.17, 15) is 0 Å². The van der Waals surface area contributed by atoms with Gasteiger partial charge in [0.05, 0.1) is 12.7 Å². The standard InChI is InChI=1S/C6H11ClO2/c7-5-8-4-6-2-1-3-9-6/h6H,1-5H2. The predicted octanol–water partition coefficient (Wildman–Crippen LogP) is 1.38. The van der Waals surface area contributed by atoms with E-state index in [1.165, 1.54) is 0 Å². The van der Waals surface area contributed by atoms with Crippen molar-refractivity contribution in [3.8, 4) is 0 Å². The zero-order valence-electron chi connectivity index (χ0n) is 5.31. The van der Waals surface area contributed by atoms with Gasteiger partial charge in [0, 0.05) is 6.61 Å². The van der Waals surface area contributed by atoms with Gasteiger partial charge in [-0.2, -0.15) is 0 Å². The summed E-state index contributed by atoms with van der Waals surface area (Å²) in [4.78, 5) is 0. The van der Waals surface area contributed by atoms with Crippen LogP contribution in [0.25, 0.3) is 0 Å². The van der Waals surface area contributed by atoms with Gasteiger partial charge in [0.15, 0.2) is 0 Å². The lowest BCUT2D eigenvalue weighted by molar-refractivity contribution is 0.0320. The van der Waals surface area contributed by atoms with Gasteiger partial charge in [0.2, 0.25) is 0 Å². The van der Waals surface area contributed by atoms with Crippen LogP contribution in [-0.2, 0) is 9.47 Å². The molecule has 9 heavy (non-hydrogen) atoms. The van der Waals surface area contributed by atoms with Crippen LogP contribution in [0.4, 0.5) is 0 Å². The number of alkyl halides is 1. The number of halogens is 1. The smallest absolute Gasteiger partial charge is 0.120 e. The summed E-state index contributed by atoms with van der Waals surface area (Å²) in [5, 5.41) is 0. The molecule has 2 nitrogen and oxygen atoms in total. The second-order valence-electron chi connectivity index (χ2n) is 2.11. The van der Waals surface area contributed by atoms with Crippen LogP contribution >= 0.6 is 11.6 Å². The Bertz CT molecular complexity index is 71.5. The largest absolute Gasteiger partial charge is 0.376 e. The minimum absolute atomic E-state index is 0.278. The summed E-state index contributed by atoms with van der Waals surface area (Å²) in [6, 6.07) is 0.278. The minimum atomic E-state index is 0.278. The zero-order chi connectivity index (χ0) is 6.53. The Morgan fingerprint density at radius 1 is 1.67 bits per heavy atom. The van der Waals surface area contributed by atoms with Crippen molar-refractivity contribution in [3.05, 3.63) is 0 Å². The van der Waals surface area contributed by atoms with E-state index in [-0.39, 0.29) is 6.07 Å². The van der Waals surface area contributed by atoms with E-state index in [1.807, 2.05) is 0 Å². The maximum atomic E-state index is 5.30. The summed E-state index contributed by atoms with van der Waals surface area (Å²) >= 11 is 5.30. The summed E-state index contributed by atoms with van der Waals surface area (Å²) in [7, 11) is 0. The number of hydrogen-bond donors (Lipinski definition) is 0. The van der Waals surface area contributed by atoms with Gasteiger partial charge in [-0.1, -0.05) is 11.6 Å². The first-order valence-corrected chi connectivity index (χ1v) is 3.72. The Kier molecular flexibility index (Phi) is 3.33. The van der Waals surface area contributed by atoms with Crippen molar-refractivity contribution >= 4 is 11.6 Å². The van der Waals surface area contributed by atoms with E-state index in [0.29, 0.717) is 12.7 Å². The SMILES string of the molecule is ClCOCC1CCCO1. The molecule has 0 aromatic rings. The van der Waals surface area contributed by atoms with Crippen LogP contribution < -0.4 is 0 Å². The Morgan fingerprint density at radius 2 is 2.56 bits per heavy atom. The Hall–Kier alpha value is 0.210. The fourth-order valence-electron chi connectivity index (χ4n) is 0.952. The lowest BCUT2D eigenvalue weighted by atomic mass is 10.2. The summed E-state index contributed by atoms with van der Waals surface area (Å²) in [6.45, 7) is 1.54. The average Bonchev–Trinajstić information content (AvgIpc) is 2.34. The lowest BCUT2D eigenvalue weighted by Gasteiger charge is -2.06. The third-order valence-electron chi connectivity index (χ3n) is 1.40. The second-order valence-corrected chi connectivity index (χ2v) is 2.33. The second kappa shape index (κ2) is 4.09. The van der Waals surface area contributed by atoms with Crippen molar-refractivity contribution in [2.24, 2.45) is 0 Å². The van der Waals surface area contributed by atoms with E-state index >= 15 is 0 Å².